The molecule has 0 saturated carbocycles. The Kier molecular flexibility index (Phi) is 6.04. The molecule has 1 fully saturated rings. The van der Waals surface area contributed by atoms with Gasteiger partial charge in [0.05, 0.1) is 6.10 Å². The predicted molar refractivity (Wildman–Crippen MR) is 83.7 cm³/mol. The summed E-state index contributed by atoms with van der Waals surface area (Å²) in [6.45, 7) is 4.22. The summed E-state index contributed by atoms with van der Waals surface area (Å²) in [7, 11) is 0. The van der Waals surface area contributed by atoms with Gasteiger partial charge < -0.3 is 19.3 Å². The van der Waals surface area contributed by atoms with Crippen molar-refractivity contribution in [2.75, 3.05) is 0 Å². The van der Waals surface area contributed by atoms with Gasteiger partial charge in [-0.25, -0.2) is 0 Å². The van der Waals surface area contributed by atoms with Crippen LogP contribution in [-0.4, -0.2) is 46.9 Å². The molecule has 0 radical (unpaired) electrons. The van der Waals surface area contributed by atoms with Crippen molar-refractivity contribution in [3.05, 3.63) is 30.3 Å². The minimum atomic E-state index is -1.16. The summed E-state index contributed by atoms with van der Waals surface area (Å²) in [5, 5.41) is 10.5. The maximum atomic E-state index is 11.4. The molecule has 1 N–H and O–H groups in total. The molecule has 0 bridgehead atoms. The van der Waals surface area contributed by atoms with Crippen LogP contribution >= 0.6 is 11.8 Å². The largest absolute Gasteiger partial charge is 0.457 e. The second kappa shape index (κ2) is 7.81. The Morgan fingerprint density at radius 2 is 1.65 bits per heavy atom. The Balaban J connectivity index is 2.19. The van der Waals surface area contributed by atoms with Gasteiger partial charge in [0.25, 0.3) is 0 Å². The molecule has 0 aromatic heterocycles. The van der Waals surface area contributed by atoms with Crippen LogP contribution in [-0.2, 0) is 23.8 Å². The van der Waals surface area contributed by atoms with E-state index in [1.54, 1.807) is 6.92 Å². The topological polar surface area (TPSA) is 82.1 Å². The molecule has 1 heterocycles. The van der Waals surface area contributed by atoms with Gasteiger partial charge in [-0.3, -0.25) is 9.59 Å². The minimum Gasteiger partial charge on any atom is -0.457 e. The lowest BCUT2D eigenvalue weighted by Crippen LogP contribution is -2.58. The van der Waals surface area contributed by atoms with Gasteiger partial charge in [0.2, 0.25) is 0 Å². The van der Waals surface area contributed by atoms with Crippen LogP contribution < -0.4 is 0 Å². The van der Waals surface area contributed by atoms with Gasteiger partial charge in [-0.05, 0) is 19.1 Å². The number of rotatable bonds is 4. The molecule has 126 valence electrons. The molecule has 1 aliphatic rings. The van der Waals surface area contributed by atoms with E-state index in [0.29, 0.717) is 0 Å². The second-order valence-corrected chi connectivity index (χ2v) is 6.45. The maximum Gasteiger partial charge on any atom is 0.303 e. The molecule has 1 aliphatic heterocycles. The number of carbonyl (C=O) groups excluding carboxylic acids is 2. The molecule has 0 unspecified atom stereocenters. The Morgan fingerprint density at radius 1 is 1.09 bits per heavy atom. The second-order valence-electron chi connectivity index (χ2n) is 5.28. The number of hydrogen-bond donors (Lipinski definition) is 1. The molecule has 2 rings (SSSR count). The third kappa shape index (κ3) is 4.70. The fourth-order valence-electron chi connectivity index (χ4n) is 2.39. The minimum absolute atomic E-state index is 0.526. The highest BCUT2D eigenvalue weighted by Gasteiger charge is 2.47. The molecule has 1 aromatic carbocycles. The summed E-state index contributed by atoms with van der Waals surface area (Å²) >= 11 is 1.34. The maximum absolute atomic E-state index is 11.4. The van der Waals surface area contributed by atoms with E-state index >= 15 is 0 Å². The third-order valence-corrected chi connectivity index (χ3v) is 4.51. The number of benzene rings is 1. The summed E-state index contributed by atoms with van der Waals surface area (Å²) in [6.07, 6.45) is -3.50. The smallest absolute Gasteiger partial charge is 0.303 e. The van der Waals surface area contributed by atoms with Crippen molar-refractivity contribution in [2.24, 2.45) is 0 Å². The standard InChI is InChI=1S/C16H20O6S/c1-9-14(21-10(2)17)13(19)15(22-11(3)18)16(20-9)23-12-7-5-4-6-8-12/h4-9,13-16,19H,1-3H3/t9-,13-,14-,15+,16+/m0/s1. The van der Waals surface area contributed by atoms with Crippen LogP contribution in [0.1, 0.15) is 20.8 Å². The van der Waals surface area contributed by atoms with Crippen LogP contribution in [0.5, 0.6) is 0 Å². The molecule has 1 aromatic rings. The van der Waals surface area contributed by atoms with Gasteiger partial charge in [-0.1, -0.05) is 30.0 Å². The number of ether oxygens (including phenoxy) is 3. The van der Waals surface area contributed by atoms with Crippen molar-refractivity contribution in [2.45, 2.75) is 55.5 Å². The van der Waals surface area contributed by atoms with E-state index in [4.69, 9.17) is 14.2 Å². The van der Waals surface area contributed by atoms with Crippen LogP contribution in [0.4, 0.5) is 0 Å². The van der Waals surface area contributed by atoms with Crippen molar-refractivity contribution in [3.8, 4) is 0 Å². The first-order valence-corrected chi connectivity index (χ1v) is 8.16. The van der Waals surface area contributed by atoms with E-state index in [2.05, 4.69) is 0 Å². The van der Waals surface area contributed by atoms with Crippen LogP contribution in [0.15, 0.2) is 35.2 Å². The van der Waals surface area contributed by atoms with Gasteiger partial charge in [0, 0.05) is 18.7 Å². The van der Waals surface area contributed by atoms with Crippen molar-refractivity contribution in [1.82, 2.24) is 0 Å². The first-order valence-electron chi connectivity index (χ1n) is 7.28. The highest BCUT2D eigenvalue weighted by molar-refractivity contribution is 7.99. The number of hydrogen-bond acceptors (Lipinski definition) is 7. The number of carbonyl (C=O) groups is 2. The van der Waals surface area contributed by atoms with Crippen molar-refractivity contribution in [1.29, 1.82) is 0 Å². The van der Waals surface area contributed by atoms with E-state index in [1.807, 2.05) is 30.3 Å². The van der Waals surface area contributed by atoms with Crippen LogP contribution in [0.3, 0.4) is 0 Å². The van der Waals surface area contributed by atoms with Crippen molar-refractivity contribution < 1.29 is 28.9 Å². The molecule has 0 spiro atoms. The molecular weight excluding hydrogens is 320 g/mol. The van der Waals surface area contributed by atoms with Gasteiger partial charge in [-0.2, -0.15) is 0 Å². The Bertz CT molecular complexity index is 549. The van der Waals surface area contributed by atoms with Gasteiger partial charge in [0.15, 0.2) is 12.2 Å². The highest BCUT2D eigenvalue weighted by Crippen LogP contribution is 2.35. The lowest BCUT2D eigenvalue weighted by molar-refractivity contribution is -0.219. The van der Waals surface area contributed by atoms with E-state index in [1.165, 1.54) is 25.6 Å². The van der Waals surface area contributed by atoms with Gasteiger partial charge in [-0.15, -0.1) is 0 Å². The van der Waals surface area contributed by atoms with Crippen molar-refractivity contribution in [3.63, 3.8) is 0 Å². The molecular formula is C16H20O6S. The SMILES string of the molecule is CC(=O)O[C@@H]1[C@H](O)[C@@H](OC(C)=O)[C@@H](Sc2ccccc2)O[C@H]1C. The summed E-state index contributed by atoms with van der Waals surface area (Å²) in [5.41, 5.74) is -0.599. The van der Waals surface area contributed by atoms with Gasteiger partial charge in [0.1, 0.15) is 11.5 Å². The first-order chi connectivity index (χ1) is 10.9. The molecule has 6 nitrogen and oxygen atoms in total. The van der Waals surface area contributed by atoms with E-state index in [-0.39, 0.29) is 0 Å². The van der Waals surface area contributed by atoms with Crippen LogP contribution in [0, 0.1) is 0 Å². The van der Waals surface area contributed by atoms with E-state index in [0.717, 1.165) is 4.90 Å². The average Bonchev–Trinajstić information content (AvgIpc) is 2.48. The number of thioether (sulfide) groups is 1. The normalized spacial score (nSPS) is 30.5. The molecule has 7 heteroatoms. The fourth-order valence-corrected chi connectivity index (χ4v) is 3.56. The number of aliphatic hydroxyl groups is 1. The van der Waals surface area contributed by atoms with E-state index in [9.17, 15) is 14.7 Å². The zero-order valence-electron chi connectivity index (χ0n) is 13.2. The quantitative estimate of drug-likeness (QED) is 0.836. The summed E-state index contributed by atoms with van der Waals surface area (Å²) in [4.78, 5) is 23.5. The number of esters is 2. The lowest BCUT2D eigenvalue weighted by atomic mass is 10.0. The van der Waals surface area contributed by atoms with Gasteiger partial charge >= 0.3 is 11.9 Å². The van der Waals surface area contributed by atoms with Crippen LogP contribution in [0.25, 0.3) is 0 Å². The molecule has 0 amide bonds. The zero-order valence-corrected chi connectivity index (χ0v) is 14.0. The summed E-state index contributed by atoms with van der Waals surface area (Å²) < 4.78 is 16.2. The number of aliphatic hydroxyl groups excluding tert-OH is 1. The van der Waals surface area contributed by atoms with Crippen molar-refractivity contribution >= 4 is 23.7 Å². The fraction of sp³-hybridized carbons (Fsp3) is 0.500. The predicted octanol–water partition coefficient (Wildman–Crippen LogP) is 1.75. The lowest BCUT2D eigenvalue weighted by Gasteiger charge is -2.42. The summed E-state index contributed by atoms with van der Waals surface area (Å²) in [6, 6.07) is 9.45. The average molecular weight is 340 g/mol. The third-order valence-electron chi connectivity index (χ3n) is 3.35. The van der Waals surface area contributed by atoms with Crippen LogP contribution in [0.2, 0.25) is 0 Å². The Morgan fingerprint density at radius 3 is 2.22 bits per heavy atom. The highest BCUT2D eigenvalue weighted by atomic mass is 32.2. The molecule has 0 aliphatic carbocycles. The first kappa shape index (κ1) is 17.8. The zero-order chi connectivity index (χ0) is 17.0. The Hall–Kier alpha value is -1.57. The summed E-state index contributed by atoms with van der Waals surface area (Å²) in [5.74, 6) is -1.06. The Labute approximate surface area is 139 Å². The van der Waals surface area contributed by atoms with E-state index < -0.39 is 41.8 Å². The monoisotopic (exact) mass is 340 g/mol. The molecule has 5 atom stereocenters. The molecule has 23 heavy (non-hydrogen) atoms. The molecule has 1 saturated heterocycles.